The molecule has 2 saturated heterocycles. The highest BCUT2D eigenvalue weighted by Crippen LogP contribution is 2.15. The zero-order valence-corrected chi connectivity index (χ0v) is 13.2. The predicted octanol–water partition coefficient (Wildman–Crippen LogP) is 1.89. The molecular weight excluding hydrogens is 292 g/mol. The summed E-state index contributed by atoms with van der Waals surface area (Å²) < 4.78 is 5.67. The van der Waals surface area contributed by atoms with E-state index in [0.717, 1.165) is 52.2 Å². The molecule has 0 saturated carbocycles. The number of anilines is 1. The van der Waals surface area contributed by atoms with Crippen molar-refractivity contribution in [2.24, 2.45) is 0 Å². The molecule has 122 valence electrons. The van der Waals surface area contributed by atoms with E-state index >= 15 is 0 Å². The van der Waals surface area contributed by atoms with Crippen LogP contribution in [-0.2, 0) is 4.74 Å². The minimum atomic E-state index is -0.100. The van der Waals surface area contributed by atoms with E-state index in [1.165, 1.54) is 0 Å². The Hall–Kier alpha value is -2.10. The number of hydrogen-bond donors (Lipinski definition) is 1. The average Bonchev–Trinajstić information content (AvgIpc) is 3.08. The van der Waals surface area contributed by atoms with Crippen LogP contribution in [0.15, 0.2) is 24.3 Å². The summed E-state index contributed by atoms with van der Waals surface area (Å²) in [5.41, 5.74) is 1.21. The molecular formula is C17H22N4O2. The first-order chi connectivity index (χ1) is 11.2. The maximum Gasteiger partial charge on any atom is 0.321 e. The van der Waals surface area contributed by atoms with E-state index in [0.29, 0.717) is 17.4 Å². The molecule has 1 aromatic carbocycles. The Morgan fingerprint density at radius 3 is 2.87 bits per heavy atom. The molecule has 0 aliphatic carbocycles. The third-order valence-corrected chi connectivity index (χ3v) is 4.39. The lowest BCUT2D eigenvalue weighted by molar-refractivity contribution is 0.0572. The molecule has 6 heteroatoms. The van der Waals surface area contributed by atoms with E-state index in [1.807, 2.05) is 4.90 Å². The number of ether oxygens (including phenoxy) is 1. The monoisotopic (exact) mass is 314 g/mol. The fourth-order valence-electron chi connectivity index (χ4n) is 3.08. The molecule has 2 aliphatic rings. The van der Waals surface area contributed by atoms with Crippen LogP contribution in [0.25, 0.3) is 0 Å². The van der Waals surface area contributed by atoms with E-state index in [9.17, 15) is 4.79 Å². The van der Waals surface area contributed by atoms with Crippen molar-refractivity contribution in [1.29, 1.82) is 5.26 Å². The Morgan fingerprint density at radius 2 is 2.17 bits per heavy atom. The molecule has 6 nitrogen and oxygen atoms in total. The van der Waals surface area contributed by atoms with Crippen molar-refractivity contribution in [3.63, 3.8) is 0 Å². The van der Waals surface area contributed by atoms with Gasteiger partial charge in [0.1, 0.15) is 0 Å². The molecule has 1 unspecified atom stereocenters. The van der Waals surface area contributed by atoms with Gasteiger partial charge in [-0.1, -0.05) is 6.07 Å². The number of nitriles is 1. The topological polar surface area (TPSA) is 68.6 Å². The van der Waals surface area contributed by atoms with Crippen molar-refractivity contribution < 1.29 is 9.53 Å². The van der Waals surface area contributed by atoms with E-state index < -0.39 is 0 Å². The number of piperazine rings is 1. The quantitative estimate of drug-likeness (QED) is 0.925. The summed E-state index contributed by atoms with van der Waals surface area (Å²) in [6.45, 7) is 5.05. The Morgan fingerprint density at radius 1 is 1.35 bits per heavy atom. The summed E-state index contributed by atoms with van der Waals surface area (Å²) in [4.78, 5) is 16.5. The molecule has 2 amide bonds. The highest BCUT2D eigenvalue weighted by Gasteiger charge is 2.24. The zero-order valence-electron chi connectivity index (χ0n) is 13.2. The summed E-state index contributed by atoms with van der Waals surface area (Å²) in [5, 5.41) is 11.8. The van der Waals surface area contributed by atoms with E-state index in [1.54, 1.807) is 24.3 Å². The summed E-state index contributed by atoms with van der Waals surface area (Å²) in [6.07, 6.45) is 2.68. The number of rotatable bonds is 3. The lowest BCUT2D eigenvalue weighted by Crippen LogP contribution is -2.51. The highest BCUT2D eigenvalue weighted by molar-refractivity contribution is 5.89. The van der Waals surface area contributed by atoms with Crippen LogP contribution in [0.5, 0.6) is 0 Å². The Bertz CT molecular complexity index is 585. The first kappa shape index (κ1) is 15.8. The minimum absolute atomic E-state index is 0.100. The largest absolute Gasteiger partial charge is 0.377 e. The van der Waals surface area contributed by atoms with Gasteiger partial charge in [0.15, 0.2) is 0 Å². The smallest absolute Gasteiger partial charge is 0.321 e. The molecule has 0 radical (unpaired) electrons. The highest BCUT2D eigenvalue weighted by atomic mass is 16.5. The molecule has 0 bridgehead atoms. The first-order valence-corrected chi connectivity index (χ1v) is 8.14. The fraction of sp³-hybridized carbons (Fsp3) is 0.529. The van der Waals surface area contributed by atoms with Gasteiger partial charge < -0.3 is 15.0 Å². The van der Waals surface area contributed by atoms with Gasteiger partial charge in [-0.15, -0.1) is 0 Å². The van der Waals surface area contributed by atoms with E-state index in [4.69, 9.17) is 10.00 Å². The molecule has 0 spiro atoms. The van der Waals surface area contributed by atoms with Gasteiger partial charge in [-0.05, 0) is 31.0 Å². The molecule has 3 rings (SSSR count). The maximum atomic E-state index is 12.3. The third-order valence-electron chi connectivity index (χ3n) is 4.39. The lowest BCUT2D eigenvalue weighted by atomic mass is 10.2. The van der Waals surface area contributed by atoms with Crippen molar-refractivity contribution in [3.05, 3.63) is 29.8 Å². The standard InChI is InChI=1S/C17H22N4O2/c18-12-14-3-1-4-15(11-14)19-17(22)21-8-6-20(7-9-21)13-16-5-2-10-23-16/h1,3-4,11,16H,2,5-10,13H2,(H,19,22). The van der Waals surface area contributed by atoms with Crippen LogP contribution < -0.4 is 5.32 Å². The van der Waals surface area contributed by atoms with Gasteiger partial charge in [-0.2, -0.15) is 5.26 Å². The fourth-order valence-corrected chi connectivity index (χ4v) is 3.08. The zero-order chi connectivity index (χ0) is 16.1. The number of benzene rings is 1. The number of urea groups is 1. The average molecular weight is 314 g/mol. The molecule has 23 heavy (non-hydrogen) atoms. The summed E-state index contributed by atoms with van der Waals surface area (Å²) in [6, 6.07) is 8.95. The molecule has 1 atom stereocenters. The van der Waals surface area contributed by atoms with Gasteiger partial charge in [0, 0.05) is 45.0 Å². The van der Waals surface area contributed by atoms with Crippen LogP contribution in [0.1, 0.15) is 18.4 Å². The normalized spacial score (nSPS) is 21.9. The second-order valence-corrected chi connectivity index (χ2v) is 6.05. The van der Waals surface area contributed by atoms with Crippen LogP contribution >= 0.6 is 0 Å². The van der Waals surface area contributed by atoms with Gasteiger partial charge in [-0.3, -0.25) is 4.90 Å². The van der Waals surface area contributed by atoms with Gasteiger partial charge in [-0.25, -0.2) is 4.79 Å². The number of carbonyl (C=O) groups excluding carboxylic acids is 1. The molecule has 1 N–H and O–H groups in total. The Labute approximate surface area is 136 Å². The first-order valence-electron chi connectivity index (χ1n) is 8.14. The summed E-state index contributed by atoms with van der Waals surface area (Å²) >= 11 is 0. The van der Waals surface area contributed by atoms with Crippen LogP contribution in [0.4, 0.5) is 10.5 Å². The number of nitrogens with one attached hydrogen (secondary N) is 1. The van der Waals surface area contributed by atoms with Gasteiger partial charge >= 0.3 is 6.03 Å². The SMILES string of the molecule is N#Cc1cccc(NC(=O)N2CCN(CC3CCCO3)CC2)c1. The van der Waals surface area contributed by atoms with E-state index in [2.05, 4.69) is 16.3 Å². The number of carbonyl (C=O) groups is 1. The van der Waals surface area contributed by atoms with Crippen LogP contribution in [0.2, 0.25) is 0 Å². The molecule has 2 heterocycles. The van der Waals surface area contributed by atoms with Crippen molar-refractivity contribution in [2.75, 3.05) is 44.6 Å². The number of nitrogens with zero attached hydrogens (tertiary/aromatic N) is 3. The predicted molar refractivity (Wildman–Crippen MR) is 87.2 cm³/mol. The minimum Gasteiger partial charge on any atom is -0.377 e. The Balaban J connectivity index is 1.47. The number of amides is 2. The Kier molecular flexibility index (Phi) is 5.11. The molecule has 2 aliphatic heterocycles. The van der Waals surface area contributed by atoms with Gasteiger partial charge in [0.05, 0.1) is 17.7 Å². The van der Waals surface area contributed by atoms with Crippen molar-refractivity contribution in [3.8, 4) is 6.07 Å². The van der Waals surface area contributed by atoms with Crippen LogP contribution in [0.3, 0.4) is 0 Å². The van der Waals surface area contributed by atoms with Crippen molar-refractivity contribution in [1.82, 2.24) is 9.80 Å². The van der Waals surface area contributed by atoms with E-state index in [-0.39, 0.29) is 6.03 Å². The summed E-state index contributed by atoms with van der Waals surface area (Å²) in [5.74, 6) is 0. The second-order valence-electron chi connectivity index (χ2n) is 6.05. The van der Waals surface area contributed by atoms with Crippen molar-refractivity contribution in [2.45, 2.75) is 18.9 Å². The lowest BCUT2D eigenvalue weighted by Gasteiger charge is -2.35. The van der Waals surface area contributed by atoms with Gasteiger partial charge in [0.25, 0.3) is 0 Å². The maximum absolute atomic E-state index is 12.3. The van der Waals surface area contributed by atoms with Crippen molar-refractivity contribution >= 4 is 11.7 Å². The van der Waals surface area contributed by atoms with Crippen LogP contribution in [0, 0.1) is 11.3 Å². The molecule has 0 aromatic heterocycles. The molecule has 1 aromatic rings. The van der Waals surface area contributed by atoms with Gasteiger partial charge in [0.2, 0.25) is 0 Å². The number of hydrogen-bond acceptors (Lipinski definition) is 4. The third kappa shape index (κ3) is 4.21. The van der Waals surface area contributed by atoms with Crippen LogP contribution in [-0.4, -0.2) is 61.3 Å². The second kappa shape index (κ2) is 7.44. The summed E-state index contributed by atoms with van der Waals surface area (Å²) in [7, 11) is 0. The molecule has 2 fully saturated rings.